The minimum absolute atomic E-state index is 0.567. The Hall–Kier alpha value is -2.08. The number of hydrogen-bond donors (Lipinski definition) is 0. The molecule has 1 aromatic carbocycles. The second-order valence-electron chi connectivity index (χ2n) is 6.24. The maximum atomic E-state index is 15.4. The number of fused-ring (bicyclic) bond motifs is 2. The van der Waals surface area contributed by atoms with Crippen LogP contribution in [-0.2, 0) is 0 Å². The molecule has 0 unspecified atom stereocenters. The summed E-state index contributed by atoms with van der Waals surface area (Å²) < 4.78 is 33.2. The van der Waals surface area contributed by atoms with Crippen molar-refractivity contribution in [1.82, 2.24) is 4.48 Å². The van der Waals surface area contributed by atoms with E-state index in [-0.39, 0.29) is 0 Å². The van der Waals surface area contributed by atoms with Crippen molar-refractivity contribution in [3.63, 3.8) is 0 Å². The van der Waals surface area contributed by atoms with Crippen molar-refractivity contribution in [2.45, 2.75) is 25.7 Å². The molecule has 2 nitrogen and oxygen atoms in total. The van der Waals surface area contributed by atoms with E-state index < -0.39 is 6.97 Å². The minimum atomic E-state index is -3.90. The van der Waals surface area contributed by atoms with Crippen LogP contribution < -0.4 is 0 Å². The highest BCUT2D eigenvalue weighted by Gasteiger charge is 2.54. The average molecular weight is 342 g/mol. The second kappa shape index (κ2) is 5.21. The summed E-state index contributed by atoms with van der Waals surface area (Å²) in [7, 11) is 0. The standard InChI is InChI=1S/C18H17BF2N2S/c1-12-11-13(2)22-18(12)14(3)16-9-10-17(23(16)19(22,20)21)24-15-7-5-4-6-8-15/h4-11H,1-3H3. The van der Waals surface area contributed by atoms with E-state index in [1.54, 1.807) is 13.0 Å². The molecule has 6 heteroatoms. The molecule has 0 saturated heterocycles. The fourth-order valence-corrected chi connectivity index (χ4v) is 4.67. The number of benzene rings is 1. The molecule has 24 heavy (non-hydrogen) atoms. The third-order valence-electron chi connectivity index (χ3n) is 4.63. The highest BCUT2D eigenvalue weighted by Crippen LogP contribution is 2.40. The lowest BCUT2D eigenvalue weighted by molar-refractivity contribution is -0.358. The van der Waals surface area contributed by atoms with Crippen LogP contribution >= 0.6 is 11.8 Å². The summed E-state index contributed by atoms with van der Waals surface area (Å²) in [4.78, 5) is 0.953. The summed E-state index contributed by atoms with van der Waals surface area (Å²) in [6, 6.07) is 11.5. The summed E-state index contributed by atoms with van der Waals surface area (Å²) in [5, 5.41) is 0.567. The third-order valence-corrected chi connectivity index (χ3v) is 5.68. The lowest BCUT2D eigenvalue weighted by Crippen LogP contribution is -2.51. The van der Waals surface area contributed by atoms with Gasteiger partial charge in [0.25, 0.3) is 0 Å². The molecule has 0 amide bonds. The van der Waals surface area contributed by atoms with Gasteiger partial charge >= 0.3 is 6.97 Å². The van der Waals surface area contributed by atoms with Crippen molar-refractivity contribution in [3.8, 4) is 0 Å². The lowest BCUT2D eigenvalue weighted by Gasteiger charge is -2.32. The van der Waals surface area contributed by atoms with Gasteiger partial charge in [0.1, 0.15) is 0 Å². The van der Waals surface area contributed by atoms with E-state index in [4.69, 9.17) is 0 Å². The fourth-order valence-electron chi connectivity index (χ4n) is 3.68. The Morgan fingerprint density at radius 3 is 2.46 bits per heavy atom. The van der Waals surface area contributed by atoms with E-state index in [9.17, 15) is 0 Å². The van der Waals surface area contributed by atoms with Gasteiger partial charge in [0.05, 0.1) is 0 Å². The van der Waals surface area contributed by atoms with E-state index in [2.05, 4.69) is 0 Å². The van der Waals surface area contributed by atoms with Gasteiger partial charge in [0.15, 0.2) is 10.7 Å². The summed E-state index contributed by atoms with van der Waals surface area (Å²) in [6.45, 7) is 1.67. The SMILES string of the molecule is CC1=C2C=CC(Sc3ccccc3)=[N+]2[B-](F)(F)n2c(C)cc(C)c21. The van der Waals surface area contributed by atoms with Crippen molar-refractivity contribution < 1.29 is 13.1 Å². The predicted molar refractivity (Wildman–Crippen MR) is 96.6 cm³/mol. The molecular weight excluding hydrogens is 325 g/mol. The number of halogens is 2. The quantitative estimate of drug-likeness (QED) is 0.673. The molecule has 0 spiro atoms. The van der Waals surface area contributed by atoms with E-state index in [0.29, 0.717) is 22.1 Å². The van der Waals surface area contributed by atoms with Gasteiger partial charge in [-0.1, -0.05) is 18.2 Å². The zero-order valence-corrected chi connectivity index (χ0v) is 14.6. The third kappa shape index (κ3) is 2.06. The van der Waals surface area contributed by atoms with Crippen molar-refractivity contribution in [2.75, 3.05) is 0 Å². The van der Waals surface area contributed by atoms with Crippen LogP contribution in [0.3, 0.4) is 0 Å². The van der Waals surface area contributed by atoms with Crippen LogP contribution in [0.2, 0.25) is 0 Å². The highest BCUT2D eigenvalue weighted by atomic mass is 32.2. The van der Waals surface area contributed by atoms with Crippen molar-refractivity contribution >= 4 is 29.3 Å². The number of aryl methyl sites for hydroxylation is 2. The zero-order chi connectivity index (χ0) is 17.1. The molecule has 2 aliphatic heterocycles. The number of allylic oxidation sites excluding steroid dienone is 2. The molecule has 4 rings (SSSR count). The number of thioether (sulfide) groups is 1. The summed E-state index contributed by atoms with van der Waals surface area (Å²) >= 11 is 1.37. The monoisotopic (exact) mass is 342 g/mol. The molecule has 0 bridgehead atoms. The van der Waals surface area contributed by atoms with Crippen LogP contribution in [-0.4, -0.2) is 21.0 Å². The van der Waals surface area contributed by atoms with E-state index in [0.717, 1.165) is 16.0 Å². The first-order chi connectivity index (χ1) is 11.4. The Morgan fingerprint density at radius 1 is 1.04 bits per heavy atom. The Labute approximate surface area is 144 Å². The average Bonchev–Trinajstić information content (AvgIpc) is 3.08. The van der Waals surface area contributed by atoms with Crippen molar-refractivity contribution in [2.24, 2.45) is 0 Å². The number of nitrogens with zero attached hydrogens (tertiary/aromatic N) is 2. The normalized spacial score (nSPS) is 18.2. The van der Waals surface area contributed by atoms with Crippen LogP contribution in [0.15, 0.2) is 59.1 Å². The van der Waals surface area contributed by atoms with E-state index in [1.807, 2.05) is 56.3 Å². The molecule has 1 aromatic heterocycles. The van der Waals surface area contributed by atoms with Crippen LogP contribution in [0.1, 0.15) is 23.9 Å². The molecule has 3 heterocycles. The van der Waals surface area contributed by atoms with Crippen LogP contribution in [0.5, 0.6) is 0 Å². The fraction of sp³-hybridized carbons (Fsp3) is 0.167. The van der Waals surface area contributed by atoms with Crippen LogP contribution in [0.4, 0.5) is 8.63 Å². The van der Waals surface area contributed by atoms with Gasteiger partial charge in [0.2, 0.25) is 0 Å². The van der Waals surface area contributed by atoms with Gasteiger partial charge in [-0.15, -0.1) is 0 Å². The first-order valence-corrected chi connectivity index (χ1v) is 8.72. The maximum absolute atomic E-state index is 15.4. The number of rotatable bonds is 1. The van der Waals surface area contributed by atoms with Crippen molar-refractivity contribution in [1.29, 1.82) is 0 Å². The summed E-state index contributed by atoms with van der Waals surface area (Å²) in [6.07, 6.45) is 3.60. The molecule has 0 aliphatic carbocycles. The number of hydrogen-bond acceptors (Lipinski definition) is 1. The Bertz CT molecular complexity index is 939. The summed E-state index contributed by atoms with van der Waals surface area (Å²) in [5.41, 5.74) is 3.65. The molecule has 0 radical (unpaired) electrons. The van der Waals surface area contributed by atoms with Gasteiger partial charge in [-0.3, -0.25) is 0 Å². The van der Waals surface area contributed by atoms with Crippen LogP contribution in [0.25, 0.3) is 5.57 Å². The van der Waals surface area contributed by atoms with Gasteiger partial charge in [-0.25, -0.2) is 0 Å². The Kier molecular flexibility index (Phi) is 3.36. The molecule has 0 N–H and O–H groups in total. The van der Waals surface area contributed by atoms with Gasteiger partial charge in [-0.05, 0) is 62.0 Å². The Morgan fingerprint density at radius 2 is 1.75 bits per heavy atom. The Balaban J connectivity index is 1.93. The summed E-state index contributed by atoms with van der Waals surface area (Å²) in [5.74, 6) is 0. The minimum Gasteiger partial charge on any atom is -0.394 e. The van der Waals surface area contributed by atoms with E-state index >= 15 is 8.63 Å². The second-order valence-corrected chi connectivity index (χ2v) is 7.34. The zero-order valence-electron chi connectivity index (χ0n) is 13.8. The highest BCUT2D eigenvalue weighted by molar-refractivity contribution is 8.14. The molecule has 0 fully saturated rings. The molecule has 2 aliphatic rings. The van der Waals surface area contributed by atoms with Gasteiger partial charge in [-0.2, -0.15) is 0 Å². The molecule has 122 valence electrons. The number of aromatic nitrogens is 1. The van der Waals surface area contributed by atoms with Crippen molar-refractivity contribution in [3.05, 3.63) is 71.2 Å². The predicted octanol–water partition coefficient (Wildman–Crippen LogP) is 4.85. The van der Waals surface area contributed by atoms with Gasteiger partial charge < -0.3 is 17.6 Å². The lowest BCUT2D eigenvalue weighted by atomic mass is 9.88. The van der Waals surface area contributed by atoms with E-state index in [1.165, 1.54) is 20.7 Å². The molecule has 2 aromatic rings. The topological polar surface area (TPSA) is 7.94 Å². The molecule has 0 saturated carbocycles. The maximum Gasteiger partial charge on any atom is 0.738 e. The largest absolute Gasteiger partial charge is 0.738 e. The van der Waals surface area contributed by atoms with Crippen LogP contribution in [0, 0.1) is 13.8 Å². The molecular formula is C18H17BF2N2S. The molecule has 0 atom stereocenters. The first kappa shape index (κ1) is 15.5. The van der Waals surface area contributed by atoms with Gasteiger partial charge in [0, 0.05) is 28.3 Å². The first-order valence-electron chi connectivity index (χ1n) is 7.90. The smallest absolute Gasteiger partial charge is 0.394 e.